The number of aromatic nitrogens is 2. The lowest BCUT2D eigenvalue weighted by Crippen LogP contribution is -2.05. The van der Waals surface area contributed by atoms with Crippen molar-refractivity contribution in [2.75, 3.05) is 12.4 Å². The molecule has 1 aromatic heterocycles. The number of hydrogen-bond acceptors (Lipinski definition) is 5. The van der Waals surface area contributed by atoms with Crippen molar-refractivity contribution in [3.8, 4) is 5.88 Å². The summed E-state index contributed by atoms with van der Waals surface area (Å²) in [5, 5.41) is 12.1. The molecule has 0 unspecified atom stereocenters. The molecule has 0 spiro atoms. The maximum Gasteiger partial charge on any atom is 0.335 e. The van der Waals surface area contributed by atoms with Gasteiger partial charge in [0.15, 0.2) is 0 Å². The van der Waals surface area contributed by atoms with Crippen LogP contribution in [-0.4, -0.2) is 28.2 Å². The molecule has 20 heavy (non-hydrogen) atoms. The Morgan fingerprint density at radius 3 is 2.85 bits per heavy atom. The van der Waals surface area contributed by atoms with E-state index in [-0.39, 0.29) is 5.56 Å². The first-order valence-electron chi connectivity index (χ1n) is 6.04. The minimum atomic E-state index is -0.939. The molecule has 0 fully saturated rings. The second kappa shape index (κ2) is 6.01. The van der Waals surface area contributed by atoms with Crippen LogP contribution in [0.5, 0.6) is 5.88 Å². The topological polar surface area (TPSA) is 84.3 Å². The van der Waals surface area contributed by atoms with Crippen LogP contribution in [0, 0.1) is 6.92 Å². The second-order valence-corrected chi connectivity index (χ2v) is 4.20. The van der Waals surface area contributed by atoms with Crippen molar-refractivity contribution < 1.29 is 14.6 Å². The Morgan fingerprint density at radius 2 is 2.15 bits per heavy atom. The molecule has 104 valence electrons. The van der Waals surface area contributed by atoms with Crippen LogP contribution in [-0.2, 0) is 6.54 Å². The fourth-order valence-corrected chi connectivity index (χ4v) is 1.74. The first-order valence-corrected chi connectivity index (χ1v) is 6.04. The number of methoxy groups -OCH3 is 1. The van der Waals surface area contributed by atoms with E-state index in [1.165, 1.54) is 0 Å². The first kappa shape index (κ1) is 13.8. The first-order chi connectivity index (χ1) is 9.58. The third kappa shape index (κ3) is 3.44. The number of benzene rings is 1. The molecule has 0 atom stereocenters. The van der Waals surface area contributed by atoms with E-state index in [1.807, 2.05) is 6.07 Å². The molecular formula is C14H15N3O3. The summed E-state index contributed by atoms with van der Waals surface area (Å²) in [5.41, 5.74) is 1.13. The lowest BCUT2D eigenvalue weighted by Gasteiger charge is -2.08. The SMILES string of the molecule is COc1cc(NCc2cccc(C(=O)O)c2)nc(C)n1. The van der Waals surface area contributed by atoms with Crippen molar-refractivity contribution in [1.29, 1.82) is 0 Å². The normalized spacial score (nSPS) is 10.1. The van der Waals surface area contributed by atoms with Crippen molar-refractivity contribution in [1.82, 2.24) is 9.97 Å². The van der Waals surface area contributed by atoms with Gasteiger partial charge in [0, 0.05) is 12.6 Å². The molecule has 1 heterocycles. The van der Waals surface area contributed by atoms with E-state index in [9.17, 15) is 4.79 Å². The summed E-state index contributed by atoms with van der Waals surface area (Å²) in [7, 11) is 1.54. The molecule has 0 radical (unpaired) electrons. The minimum absolute atomic E-state index is 0.265. The highest BCUT2D eigenvalue weighted by Crippen LogP contribution is 2.14. The fraction of sp³-hybridized carbons (Fsp3) is 0.214. The molecule has 2 rings (SSSR count). The average molecular weight is 273 g/mol. The van der Waals surface area contributed by atoms with Crippen LogP contribution >= 0.6 is 0 Å². The summed E-state index contributed by atoms with van der Waals surface area (Å²) in [6.07, 6.45) is 0. The number of carboxylic acid groups (broad SMARTS) is 1. The fourth-order valence-electron chi connectivity index (χ4n) is 1.74. The predicted molar refractivity (Wildman–Crippen MR) is 74.0 cm³/mol. The molecule has 0 aliphatic carbocycles. The molecule has 0 aliphatic rings. The number of nitrogens with zero attached hydrogens (tertiary/aromatic N) is 2. The summed E-state index contributed by atoms with van der Waals surface area (Å²) < 4.78 is 5.07. The maximum absolute atomic E-state index is 10.9. The van der Waals surface area contributed by atoms with Crippen LogP contribution in [0.1, 0.15) is 21.7 Å². The van der Waals surface area contributed by atoms with Crippen LogP contribution in [0.3, 0.4) is 0 Å². The quantitative estimate of drug-likeness (QED) is 0.868. The highest BCUT2D eigenvalue weighted by Gasteiger charge is 2.05. The van der Waals surface area contributed by atoms with Crippen LogP contribution in [0.25, 0.3) is 0 Å². The van der Waals surface area contributed by atoms with Gasteiger partial charge in [-0.15, -0.1) is 0 Å². The monoisotopic (exact) mass is 273 g/mol. The molecule has 0 bridgehead atoms. The van der Waals surface area contributed by atoms with Gasteiger partial charge in [-0.25, -0.2) is 9.78 Å². The molecule has 0 aliphatic heterocycles. The zero-order valence-corrected chi connectivity index (χ0v) is 11.3. The number of nitrogens with one attached hydrogen (secondary N) is 1. The van der Waals surface area contributed by atoms with Crippen molar-refractivity contribution in [3.63, 3.8) is 0 Å². The highest BCUT2D eigenvalue weighted by atomic mass is 16.5. The Bertz CT molecular complexity index is 629. The van der Waals surface area contributed by atoms with Crippen LogP contribution < -0.4 is 10.1 Å². The van der Waals surface area contributed by atoms with Crippen molar-refractivity contribution in [3.05, 3.63) is 47.3 Å². The summed E-state index contributed by atoms with van der Waals surface area (Å²) in [6, 6.07) is 8.44. The largest absolute Gasteiger partial charge is 0.481 e. The van der Waals surface area contributed by atoms with E-state index in [2.05, 4.69) is 15.3 Å². The summed E-state index contributed by atoms with van der Waals surface area (Å²) in [6.45, 7) is 2.25. The minimum Gasteiger partial charge on any atom is -0.481 e. The molecule has 2 N–H and O–H groups in total. The van der Waals surface area contributed by atoms with Gasteiger partial charge in [-0.3, -0.25) is 0 Å². The van der Waals surface area contributed by atoms with Gasteiger partial charge in [-0.2, -0.15) is 4.98 Å². The highest BCUT2D eigenvalue weighted by molar-refractivity contribution is 5.87. The van der Waals surface area contributed by atoms with E-state index in [1.54, 1.807) is 38.3 Å². The number of rotatable bonds is 5. The molecule has 2 aromatic rings. The van der Waals surface area contributed by atoms with Gasteiger partial charge in [-0.1, -0.05) is 12.1 Å². The number of anilines is 1. The molecule has 0 saturated heterocycles. The van der Waals surface area contributed by atoms with Gasteiger partial charge in [0.1, 0.15) is 11.6 Å². The zero-order valence-electron chi connectivity index (χ0n) is 11.3. The smallest absolute Gasteiger partial charge is 0.335 e. The van der Waals surface area contributed by atoms with E-state index in [0.29, 0.717) is 24.1 Å². The number of carboxylic acids is 1. The molecular weight excluding hydrogens is 258 g/mol. The standard InChI is InChI=1S/C14H15N3O3/c1-9-16-12(7-13(17-9)20-2)15-8-10-4-3-5-11(6-10)14(18)19/h3-7H,8H2,1-2H3,(H,18,19)(H,15,16,17). The van der Waals surface area contributed by atoms with Gasteiger partial charge in [0.2, 0.25) is 5.88 Å². The summed E-state index contributed by atoms with van der Waals surface area (Å²) in [4.78, 5) is 19.2. The Kier molecular flexibility index (Phi) is 4.14. The van der Waals surface area contributed by atoms with Gasteiger partial charge < -0.3 is 15.2 Å². The van der Waals surface area contributed by atoms with Crippen molar-refractivity contribution >= 4 is 11.8 Å². The van der Waals surface area contributed by atoms with Crippen LogP contribution in [0.15, 0.2) is 30.3 Å². The molecule has 0 saturated carbocycles. The van der Waals surface area contributed by atoms with Gasteiger partial charge >= 0.3 is 5.97 Å². The van der Waals surface area contributed by atoms with Crippen LogP contribution in [0.2, 0.25) is 0 Å². The second-order valence-electron chi connectivity index (χ2n) is 4.20. The summed E-state index contributed by atoms with van der Waals surface area (Å²) >= 11 is 0. The van der Waals surface area contributed by atoms with E-state index in [4.69, 9.17) is 9.84 Å². The Morgan fingerprint density at radius 1 is 1.35 bits per heavy atom. The number of hydrogen-bond donors (Lipinski definition) is 2. The van der Waals surface area contributed by atoms with E-state index < -0.39 is 5.97 Å². The predicted octanol–water partition coefficient (Wildman–Crippen LogP) is 2.10. The average Bonchev–Trinajstić information content (AvgIpc) is 2.44. The zero-order chi connectivity index (χ0) is 14.5. The van der Waals surface area contributed by atoms with E-state index in [0.717, 1.165) is 5.56 Å². The number of aromatic carboxylic acids is 1. The summed E-state index contributed by atoms with van der Waals surface area (Å²) in [5.74, 6) is 0.784. The Hall–Kier alpha value is -2.63. The van der Waals surface area contributed by atoms with Crippen molar-refractivity contribution in [2.24, 2.45) is 0 Å². The lowest BCUT2D eigenvalue weighted by molar-refractivity contribution is 0.0697. The Labute approximate surface area is 116 Å². The van der Waals surface area contributed by atoms with Gasteiger partial charge in [0.05, 0.1) is 12.7 Å². The number of ether oxygens (including phenoxy) is 1. The number of carbonyl (C=O) groups is 1. The Balaban J connectivity index is 2.10. The van der Waals surface area contributed by atoms with E-state index >= 15 is 0 Å². The molecule has 1 aromatic carbocycles. The lowest BCUT2D eigenvalue weighted by atomic mass is 10.1. The maximum atomic E-state index is 10.9. The third-order valence-corrected chi connectivity index (χ3v) is 2.67. The number of aryl methyl sites for hydroxylation is 1. The molecule has 6 heteroatoms. The molecule has 0 amide bonds. The van der Waals surface area contributed by atoms with Crippen LogP contribution in [0.4, 0.5) is 5.82 Å². The molecule has 6 nitrogen and oxygen atoms in total. The third-order valence-electron chi connectivity index (χ3n) is 2.67. The van der Waals surface area contributed by atoms with Gasteiger partial charge in [0.25, 0.3) is 0 Å². The van der Waals surface area contributed by atoms with Crippen molar-refractivity contribution in [2.45, 2.75) is 13.5 Å². The van der Waals surface area contributed by atoms with Gasteiger partial charge in [-0.05, 0) is 24.6 Å².